The molecule has 1 fully saturated rings. The molecule has 1 aliphatic rings. The number of pyridine rings is 1. The summed E-state index contributed by atoms with van der Waals surface area (Å²) in [7, 11) is 1.66. The van der Waals surface area contributed by atoms with E-state index in [0.717, 1.165) is 37.9 Å². The Hall–Kier alpha value is -2.25. The van der Waals surface area contributed by atoms with Crippen LogP contribution in [0.25, 0.3) is 0 Å². The second-order valence-corrected chi connectivity index (χ2v) is 6.29. The Morgan fingerprint density at radius 2 is 2.32 bits per heavy atom. The van der Waals surface area contributed by atoms with Gasteiger partial charge in [-0.1, -0.05) is 12.5 Å². The number of hydrogen-bond donors (Lipinski definition) is 1. The van der Waals surface area contributed by atoms with Crippen molar-refractivity contribution in [2.45, 2.75) is 38.4 Å². The highest BCUT2D eigenvalue weighted by Gasteiger charge is 2.29. The summed E-state index contributed by atoms with van der Waals surface area (Å²) in [5.41, 5.74) is 1.13. The van der Waals surface area contributed by atoms with E-state index in [1.165, 1.54) is 0 Å². The van der Waals surface area contributed by atoms with E-state index >= 15 is 0 Å². The van der Waals surface area contributed by atoms with Gasteiger partial charge in [-0.2, -0.15) is 5.10 Å². The first-order valence-corrected chi connectivity index (χ1v) is 8.72. The van der Waals surface area contributed by atoms with Crippen molar-refractivity contribution in [1.29, 1.82) is 0 Å². The van der Waals surface area contributed by atoms with Gasteiger partial charge in [-0.25, -0.2) is 0 Å². The predicted molar refractivity (Wildman–Crippen MR) is 95.0 cm³/mol. The summed E-state index contributed by atoms with van der Waals surface area (Å²) in [5, 5.41) is 7.32. The predicted octanol–water partition coefficient (Wildman–Crippen LogP) is 1.92. The lowest BCUT2D eigenvalue weighted by atomic mass is 10.0. The van der Waals surface area contributed by atoms with Crippen LogP contribution < -0.4 is 5.32 Å². The zero-order valence-corrected chi connectivity index (χ0v) is 14.6. The molecule has 1 N–H and O–H groups in total. The molecule has 2 aromatic heterocycles. The third-order valence-electron chi connectivity index (χ3n) is 4.44. The first kappa shape index (κ1) is 17.6. The molecule has 1 aliphatic heterocycles. The molecule has 7 heteroatoms. The van der Waals surface area contributed by atoms with Gasteiger partial charge in [0.2, 0.25) is 5.91 Å². The molecule has 3 rings (SSSR count). The summed E-state index contributed by atoms with van der Waals surface area (Å²) >= 11 is 0. The van der Waals surface area contributed by atoms with E-state index in [0.29, 0.717) is 19.0 Å². The topological polar surface area (TPSA) is 72.3 Å². The van der Waals surface area contributed by atoms with Gasteiger partial charge in [0.15, 0.2) is 5.82 Å². The molecule has 7 nitrogen and oxygen atoms in total. The second kappa shape index (κ2) is 8.73. The summed E-state index contributed by atoms with van der Waals surface area (Å²) in [5.74, 6) is 0.605. The van der Waals surface area contributed by atoms with Crippen LogP contribution in [-0.4, -0.2) is 51.9 Å². The number of carbonyl (C=O) groups excluding carboxylic acids is 1. The SMILES string of the molecule is COCCn1ccc(NC(=O)[C@@H]2CCCCN2Cc2cccnc2)n1. The van der Waals surface area contributed by atoms with Crippen molar-refractivity contribution in [2.75, 3.05) is 25.6 Å². The molecule has 0 spiro atoms. The molecule has 2 aromatic rings. The van der Waals surface area contributed by atoms with Crippen molar-refractivity contribution in [3.05, 3.63) is 42.4 Å². The number of carbonyl (C=O) groups is 1. The van der Waals surface area contributed by atoms with Crippen molar-refractivity contribution >= 4 is 11.7 Å². The van der Waals surface area contributed by atoms with E-state index in [-0.39, 0.29) is 11.9 Å². The minimum atomic E-state index is -0.127. The highest BCUT2D eigenvalue weighted by Crippen LogP contribution is 2.20. The fourth-order valence-corrected chi connectivity index (χ4v) is 3.15. The van der Waals surface area contributed by atoms with Gasteiger partial charge >= 0.3 is 0 Å². The molecule has 134 valence electrons. The van der Waals surface area contributed by atoms with Crippen LogP contribution in [0.4, 0.5) is 5.82 Å². The summed E-state index contributed by atoms with van der Waals surface area (Å²) in [4.78, 5) is 19.1. The molecular formula is C18H25N5O2. The zero-order valence-electron chi connectivity index (χ0n) is 14.6. The minimum absolute atomic E-state index is 0.0144. The zero-order chi connectivity index (χ0) is 17.5. The van der Waals surface area contributed by atoms with E-state index < -0.39 is 0 Å². The van der Waals surface area contributed by atoms with Crippen LogP contribution >= 0.6 is 0 Å². The van der Waals surface area contributed by atoms with Gasteiger partial charge in [-0.15, -0.1) is 0 Å². The Morgan fingerprint density at radius 1 is 1.40 bits per heavy atom. The fourth-order valence-electron chi connectivity index (χ4n) is 3.15. The smallest absolute Gasteiger partial charge is 0.242 e. The molecule has 0 radical (unpaired) electrons. The Bertz CT molecular complexity index is 673. The van der Waals surface area contributed by atoms with E-state index in [1.54, 1.807) is 18.0 Å². The lowest BCUT2D eigenvalue weighted by Crippen LogP contribution is -2.46. The van der Waals surface area contributed by atoms with Crippen LogP contribution in [0, 0.1) is 0 Å². The van der Waals surface area contributed by atoms with Crippen LogP contribution in [0.5, 0.6) is 0 Å². The number of likely N-dealkylation sites (tertiary alicyclic amines) is 1. The highest BCUT2D eigenvalue weighted by atomic mass is 16.5. The summed E-state index contributed by atoms with van der Waals surface area (Å²) in [6, 6.07) is 5.68. The molecule has 0 saturated carbocycles. The maximum atomic E-state index is 12.7. The quantitative estimate of drug-likeness (QED) is 0.831. The number of piperidine rings is 1. The fraction of sp³-hybridized carbons (Fsp3) is 0.500. The van der Waals surface area contributed by atoms with Gasteiger partial charge in [0, 0.05) is 38.3 Å². The summed E-state index contributed by atoms with van der Waals surface area (Å²) in [6.07, 6.45) is 8.55. The molecule has 3 heterocycles. The van der Waals surface area contributed by atoms with E-state index in [4.69, 9.17) is 4.74 Å². The minimum Gasteiger partial charge on any atom is -0.383 e. The van der Waals surface area contributed by atoms with Gasteiger partial charge in [0.05, 0.1) is 19.2 Å². The number of anilines is 1. The average molecular weight is 343 g/mol. The molecule has 1 amide bonds. The molecular weight excluding hydrogens is 318 g/mol. The van der Waals surface area contributed by atoms with Crippen molar-refractivity contribution in [3.8, 4) is 0 Å². The normalized spacial score (nSPS) is 18.2. The summed E-state index contributed by atoms with van der Waals surface area (Å²) in [6.45, 7) is 2.93. The van der Waals surface area contributed by atoms with Crippen molar-refractivity contribution in [3.63, 3.8) is 0 Å². The molecule has 1 atom stereocenters. The van der Waals surface area contributed by atoms with Crippen molar-refractivity contribution in [2.24, 2.45) is 0 Å². The van der Waals surface area contributed by atoms with E-state index in [1.807, 2.05) is 30.6 Å². The molecule has 25 heavy (non-hydrogen) atoms. The molecule has 0 bridgehead atoms. The van der Waals surface area contributed by atoms with Gasteiger partial charge < -0.3 is 10.1 Å². The van der Waals surface area contributed by atoms with Gasteiger partial charge in [0.25, 0.3) is 0 Å². The number of amides is 1. The average Bonchev–Trinajstić information content (AvgIpc) is 3.08. The largest absolute Gasteiger partial charge is 0.383 e. The second-order valence-electron chi connectivity index (χ2n) is 6.29. The van der Waals surface area contributed by atoms with Crippen LogP contribution in [0.15, 0.2) is 36.8 Å². The standard InChI is InChI=1S/C18H25N5O2/c1-25-12-11-23-10-7-17(21-23)20-18(24)16-6-2-3-9-22(16)14-15-5-4-8-19-13-15/h4-5,7-8,10,13,16H,2-3,6,9,11-12,14H2,1H3,(H,20,21,24)/t16-/m0/s1. The van der Waals surface area contributed by atoms with Gasteiger partial charge in [-0.05, 0) is 31.0 Å². The van der Waals surface area contributed by atoms with Crippen LogP contribution in [-0.2, 0) is 22.6 Å². The Kier molecular flexibility index (Phi) is 6.14. The summed E-state index contributed by atoms with van der Waals surface area (Å²) < 4.78 is 6.81. The van der Waals surface area contributed by atoms with Crippen LogP contribution in [0.3, 0.4) is 0 Å². The van der Waals surface area contributed by atoms with Crippen molar-refractivity contribution < 1.29 is 9.53 Å². The van der Waals surface area contributed by atoms with Crippen molar-refractivity contribution in [1.82, 2.24) is 19.7 Å². The number of rotatable bonds is 7. The molecule has 1 saturated heterocycles. The molecule has 0 aliphatic carbocycles. The number of hydrogen-bond acceptors (Lipinski definition) is 5. The number of nitrogens with zero attached hydrogens (tertiary/aromatic N) is 4. The lowest BCUT2D eigenvalue weighted by molar-refractivity contribution is -0.122. The Morgan fingerprint density at radius 3 is 3.12 bits per heavy atom. The number of ether oxygens (including phenoxy) is 1. The van der Waals surface area contributed by atoms with Gasteiger partial charge in [-0.3, -0.25) is 19.4 Å². The Labute approximate surface area is 148 Å². The van der Waals surface area contributed by atoms with E-state index in [9.17, 15) is 4.79 Å². The first-order chi connectivity index (χ1) is 12.3. The van der Waals surface area contributed by atoms with E-state index in [2.05, 4.69) is 20.3 Å². The van der Waals surface area contributed by atoms with Crippen LogP contribution in [0.1, 0.15) is 24.8 Å². The monoisotopic (exact) mass is 343 g/mol. The number of methoxy groups -OCH3 is 1. The number of nitrogens with one attached hydrogen (secondary N) is 1. The Balaban J connectivity index is 1.61. The third kappa shape index (κ3) is 4.87. The number of aromatic nitrogens is 3. The first-order valence-electron chi connectivity index (χ1n) is 8.72. The maximum absolute atomic E-state index is 12.7. The molecule has 0 unspecified atom stereocenters. The van der Waals surface area contributed by atoms with Crippen LogP contribution in [0.2, 0.25) is 0 Å². The van der Waals surface area contributed by atoms with Gasteiger partial charge in [0.1, 0.15) is 0 Å². The maximum Gasteiger partial charge on any atom is 0.242 e. The lowest BCUT2D eigenvalue weighted by Gasteiger charge is -2.34. The highest BCUT2D eigenvalue weighted by molar-refractivity contribution is 5.94. The third-order valence-corrected chi connectivity index (χ3v) is 4.44. The molecule has 0 aromatic carbocycles.